The number of hydrogen-bond donors (Lipinski definition) is 1. The molecule has 5 nitrogen and oxygen atoms in total. The number of benzene rings is 1. The average molecular weight is 252 g/mol. The maximum absolute atomic E-state index is 12.1. The van der Waals surface area contributed by atoms with Crippen LogP contribution in [0.2, 0.25) is 0 Å². The third-order valence-corrected chi connectivity index (χ3v) is 2.91. The molecule has 5 heteroatoms. The Balaban J connectivity index is 1.91. The number of nitrogens with one attached hydrogen (secondary N) is 1. The summed E-state index contributed by atoms with van der Waals surface area (Å²) in [6.45, 7) is 0. The third-order valence-electron chi connectivity index (χ3n) is 2.91. The average Bonchev–Trinajstić information content (AvgIpc) is 2.48. The molecule has 3 rings (SSSR count). The number of rotatable bonds is 2. The summed E-state index contributed by atoms with van der Waals surface area (Å²) in [6, 6.07) is 9.51. The minimum absolute atomic E-state index is 0.213. The Labute approximate surface area is 110 Å². The van der Waals surface area contributed by atoms with Gasteiger partial charge in [0, 0.05) is 24.2 Å². The van der Waals surface area contributed by atoms with E-state index in [1.165, 1.54) is 0 Å². The number of nitrogens with zero attached hydrogens (tertiary/aromatic N) is 3. The van der Waals surface area contributed by atoms with Gasteiger partial charge in [0.2, 0.25) is 0 Å². The minimum Gasteiger partial charge on any atom is -0.319 e. The molecule has 19 heavy (non-hydrogen) atoms. The molecule has 0 fully saturated rings. The van der Waals surface area contributed by atoms with Crippen LogP contribution < -0.4 is 5.32 Å². The van der Waals surface area contributed by atoms with Crippen molar-refractivity contribution in [2.24, 2.45) is 10.2 Å². The second-order valence-electron chi connectivity index (χ2n) is 4.22. The number of aromatic nitrogens is 1. The van der Waals surface area contributed by atoms with Gasteiger partial charge in [-0.25, -0.2) is 0 Å². The van der Waals surface area contributed by atoms with E-state index in [1.807, 2.05) is 30.3 Å². The molecule has 0 saturated heterocycles. The highest BCUT2D eigenvalue weighted by Gasteiger charge is 2.14. The normalized spacial score (nSPS) is 14.2. The molecule has 1 amide bonds. The van der Waals surface area contributed by atoms with Crippen molar-refractivity contribution in [3.8, 4) is 0 Å². The summed E-state index contributed by atoms with van der Waals surface area (Å²) >= 11 is 0. The summed E-state index contributed by atoms with van der Waals surface area (Å²) in [7, 11) is 0. The van der Waals surface area contributed by atoms with Gasteiger partial charge in [-0.1, -0.05) is 18.2 Å². The first-order chi connectivity index (χ1) is 9.34. The monoisotopic (exact) mass is 252 g/mol. The lowest BCUT2D eigenvalue weighted by Crippen LogP contribution is -2.24. The lowest BCUT2D eigenvalue weighted by molar-refractivity contribution is -0.110. The van der Waals surface area contributed by atoms with E-state index in [0.717, 1.165) is 17.3 Å². The first-order valence-corrected chi connectivity index (χ1v) is 6.08. The van der Waals surface area contributed by atoms with Crippen LogP contribution in [0.25, 0.3) is 10.9 Å². The second-order valence-corrected chi connectivity index (χ2v) is 4.22. The number of fused-ring (bicyclic) bond motifs is 1. The fourth-order valence-corrected chi connectivity index (χ4v) is 1.98. The van der Waals surface area contributed by atoms with Crippen LogP contribution in [0.3, 0.4) is 0 Å². The highest BCUT2D eigenvalue weighted by atomic mass is 16.1. The van der Waals surface area contributed by atoms with E-state index in [9.17, 15) is 4.79 Å². The summed E-state index contributed by atoms with van der Waals surface area (Å²) in [5.41, 5.74) is 1.93. The van der Waals surface area contributed by atoms with Crippen molar-refractivity contribution in [2.45, 2.75) is 12.8 Å². The molecule has 1 aliphatic rings. The van der Waals surface area contributed by atoms with Crippen LogP contribution in [-0.4, -0.2) is 22.8 Å². The van der Waals surface area contributed by atoms with Gasteiger partial charge in [-0.15, -0.1) is 0 Å². The molecule has 94 valence electrons. The fourth-order valence-electron chi connectivity index (χ4n) is 1.98. The molecule has 1 aromatic heterocycles. The summed E-state index contributed by atoms with van der Waals surface area (Å²) in [6.07, 6.45) is 4.78. The quantitative estimate of drug-likeness (QED) is 0.891. The molecule has 0 atom stereocenters. The zero-order valence-corrected chi connectivity index (χ0v) is 10.2. The van der Waals surface area contributed by atoms with Gasteiger partial charge < -0.3 is 5.32 Å². The lowest BCUT2D eigenvalue weighted by Gasteiger charge is -2.09. The van der Waals surface area contributed by atoms with Crippen LogP contribution in [0.15, 0.2) is 46.7 Å². The van der Waals surface area contributed by atoms with E-state index in [0.29, 0.717) is 17.8 Å². The topological polar surface area (TPSA) is 66.7 Å². The maximum Gasteiger partial charge on any atom is 0.272 e. The Hall–Kier alpha value is -2.56. The number of anilines is 1. The molecule has 1 aromatic carbocycles. The zero-order chi connectivity index (χ0) is 13.1. The van der Waals surface area contributed by atoms with Crippen LogP contribution in [0.4, 0.5) is 5.69 Å². The summed E-state index contributed by atoms with van der Waals surface area (Å²) in [5.74, 6) is -0.213. The van der Waals surface area contributed by atoms with Crippen LogP contribution in [0.1, 0.15) is 12.8 Å². The van der Waals surface area contributed by atoms with Crippen LogP contribution in [-0.2, 0) is 4.79 Å². The largest absolute Gasteiger partial charge is 0.319 e. The van der Waals surface area contributed by atoms with Crippen molar-refractivity contribution < 1.29 is 4.79 Å². The first-order valence-electron chi connectivity index (χ1n) is 6.08. The van der Waals surface area contributed by atoms with Gasteiger partial charge in [0.25, 0.3) is 5.91 Å². The SMILES string of the molecule is O=C(Nc1cccc2cccnc12)C1=NN=CCC1. The Bertz CT molecular complexity index is 685. The van der Waals surface area contributed by atoms with E-state index in [-0.39, 0.29) is 5.91 Å². The van der Waals surface area contributed by atoms with Crippen molar-refractivity contribution in [1.82, 2.24) is 4.98 Å². The number of carbonyl (C=O) groups is 1. The smallest absolute Gasteiger partial charge is 0.272 e. The number of carbonyl (C=O) groups excluding carboxylic acids is 1. The fraction of sp³-hybridized carbons (Fsp3) is 0.143. The molecule has 0 spiro atoms. The van der Waals surface area contributed by atoms with Gasteiger partial charge in [-0.05, 0) is 18.6 Å². The Morgan fingerprint density at radius 1 is 1.21 bits per heavy atom. The molecular formula is C14H12N4O. The molecular weight excluding hydrogens is 240 g/mol. The Kier molecular flexibility index (Phi) is 3.02. The van der Waals surface area contributed by atoms with E-state index in [1.54, 1.807) is 12.4 Å². The first kappa shape index (κ1) is 11.5. The van der Waals surface area contributed by atoms with Crippen molar-refractivity contribution >= 4 is 34.4 Å². The maximum atomic E-state index is 12.1. The van der Waals surface area contributed by atoms with Crippen molar-refractivity contribution in [3.05, 3.63) is 36.5 Å². The molecule has 0 unspecified atom stereocenters. The second kappa shape index (κ2) is 4.97. The Morgan fingerprint density at radius 2 is 2.11 bits per heavy atom. The van der Waals surface area contributed by atoms with E-state index in [2.05, 4.69) is 20.5 Å². The van der Waals surface area contributed by atoms with Gasteiger partial charge in [-0.3, -0.25) is 9.78 Å². The van der Waals surface area contributed by atoms with Crippen molar-refractivity contribution in [2.75, 3.05) is 5.32 Å². The van der Waals surface area contributed by atoms with Crippen molar-refractivity contribution in [3.63, 3.8) is 0 Å². The van der Waals surface area contributed by atoms with Gasteiger partial charge in [0.05, 0.1) is 11.2 Å². The highest BCUT2D eigenvalue weighted by Crippen LogP contribution is 2.20. The standard InChI is InChI=1S/C14H12N4O/c19-14(12-7-3-9-16-18-12)17-11-6-1-4-10-5-2-8-15-13(10)11/h1-2,4-6,8-9H,3,7H2,(H,17,19). The number of pyridine rings is 1. The van der Waals surface area contributed by atoms with Crippen molar-refractivity contribution in [1.29, 1.82) is 0 Å². The minimum atomic E-state index is -0.213. The summed E-state index contributed by atoms with van der Waals surface area (Å²) < 4.78 is 0. The van der Waals surface area contributed by atoms with Gasteiger partial charge in [0.15, 0.2) is 0 Å². The molecule has 2 aromatic rings. The van der Waals surface area contributed by atoms with Crippen LogP contribution in [0.5, 0.6) is 0 Å². The zero-order valence-electron chi connectivity index (χ0n) is 10.2. The molecule has 0 saturated carbocycles. The number of para-hydroxylation sites is 1. The van der Waals surface area contributed by atoms with E-state index >= 15 is 0 Å². The summed E-state index contributed by atoms with van der Waals surface area (Å²) in [5, 5.41) is 11.5. The van der Waals surface area contributed by atoms with Gasteiger partial charge >= 0.3 is 0 Å². The number of amides is 1. The third kappa shape index (κ3) is 2.35. The van der Waals surface area contributed by atoms with Crippen LogP contribution >= 0.6 is 0 Å². The van der Waals surface area contributed by atoms with Gasteiger partial charge in [0.1, 0.15) is 5.71 Å². The lowest BCUT2D eigenvalue weighted by atomic mass is 10.1. The molecule has 0 bridgehead atoms. The molecule has 0 radical (unpaired) electrons. The Morgan fingerprint density at radius 3 is 2.95 bits per heavy atom. The highest BCUT2D eigenvalue weighted by molar-refractivity contribution is 6.43. The predicted molar refractivity (Wildman–Crippen MR) is 75.5 cm³/mol. The molecule has 1 aliphatic heterocycles. The van der Waals surface area contributed by atoms with E-state index in [4.69, 9.17) is 0 Å². The van der Waals surface area contributed by atoms with Crippen LogP contribution in [0, 0.1) is 0 Å². The number of hydrogen-bond acceptors (Lipinski definition) is 4. The molecule has 2 heterocycles. The molecule has 1 N–H and O–H groups in total. The summed E-state index contributed by atoms with van der Waals surface area (Å²) in [4.78, 5) is 16.4. The predicted octanol–water partition coefficient (Wildman–Crippen LogP) is 2.39. The van der Waals surface area contributed by atoms with E-state index < -0.39 is 0 Å². The van der Waals surface area contributed by atoms with Gasteiger partial charge in [-0.2, -0.15) is 10.2 Å². The molecule has 0 aliphatic carbocycles.